The second kappa shape index (κ2) is 8.49. The first-order valence-corrected chi connectivity index (χ1v) is 7.35. The lowest BCUT2D eigenvalue weighted by Gasteiger charge is -2.05. The van der Waals surface area contributed by atoms with Crippen molar-refractivity contribution in [3.63, 3.8) is 0 Å². The van der Waals surface area contributed by atoms with E-state index in [1.54, 1.807) is 19.3 Å². The van der Waals surface area contributed by atoms with Crippen molar-refractivity contribution >= 4 is 17.7 Å². The minimum Gasteiger partial charge on any atom is -0.497 e. The molecule has 0 saturated heterocycles. The monoisotopic (exact) mass is 343 g/mol. The highest BCUT2D eigenvalue weighted by atomic mass is 16.6. The summed E-state index contributed by atoms with van der Waals surface area (Å²) in [5.74, 6) is 0.270. The van der Waals surface area contributed by atoms with Crippen molar-refractivity contribution in [3.8, 4) is 11.5 Å². The largest absolute Gasteiger partial charge is 0.497 e. The standard InChI is InChI=1S/C18H17NO6/c1-23-14-7-5-13(6-8-14)4-3-11-25-18(20)16-10-9-15(24-2)12-17(16)19(21)22/h3-10,12H,11H2,1-2H3/b4-3+. The number of nitro groups is 1. The van der Waals surface area contributed by atoms with Gasteiger partial charge in [0.05, 0.1) is 25.2 Å². The van der Waals surface area contributed by atoms with Crippen LogP contribution < -0.4 is 9.47 Å². The van der Waals surface area contributed by atoms with Crippen molar-refractivity contribution in [3.05, 3.63) is 69.8 Å². The van der Waals surface area contributed by atoms with Crippen LogP contribution in [0.3, 0.4) is 0 Å². The van der Waals surface area contributed by atoms with Crippen LogP contribution in [0.15, 0.2) is 48.5 Å². The Hall–Kier alpha value is -3.35. The highest BCUT2D eigenvalue weighted by Gasteiger charge is 2.22. The maximum absolute atomic E-state index is 12.0. The highest BCUT2D eigenvalue weighted by Crippen LogP contribution is 2.25. The third kappa shape index (κ3) is 4.81. The van der Waals surface area contributed by atoms with Gasteiger partial charge in [-0.05, 0) is 35.9 Å². The van der Waals surface area contributed by atoms with Crippen LogP contribution in [0.5, 0.6) is 11.5 Å². The first-order chi connectivity index (χ1) is 12.0. The molecule has 0 unspecified atom stereocenters. The molecule has 0 aliphatic rings. The number of benzene rings is 2. The Labute approximate surface area is 144 Å². The van der Waals surface area contributed by atoms with E-state index < -0.39 is 10.9 Å². The summed E-state index contributed by atoms with van der Waals surface area (Å²) in [6, 6.07) is 11.3. The summed E-state index contributed by atoms with van der Waals surface area (Å²) in [4.78, 5) is 22.5. The van der Waals surface area contributed by atoms with Crippen LogP contribution in [0, 0.1) is 10.1 Å². The number of nitro benzene ring substituents is 1. The van der Waals surface area contributed by atoms with Crippen molar-refractivity contribution in [1.82, 2.24) is 0 Å². The molecule has 0 N–H and O–H groups in total. The highest BCUT2D eigenvalue weighted by molar-refractivity contribution is 5.94. The smallest absolute Gasteiger partial charge is 0.345 e. The zero-order chi connectivity index (χ0) is 18.2. The van der Waals surface area contributed by atoms with Crippen molar-refractivity contribution in [2.24, 2.45) is 0 Å². The molecule has 2 aromatic rings. The summed E-state index contributed by atoms with van der Waals surface area (Å²) in [6.45, 7) is -0.00591. The average Bonchev–Trinajstić information content (AvgIpc) is 2.64. The van der Waals surface area contributed by atoms with Gasteiger partial charge in [-0.15, -0.1) is 0 Å². The third-order valence-corrected chi connectivity index (χ3v) is 3.36. The van der Waals surface area contributed by atoms with E-state index >= 15 is 0 Å². The van der Waals surface area contributed by atoms with Gasteiger partial charge in [0, 0.05) is 0 Å². The summed E-state index contributed by atoms with van der Waals surface area (Å²) < 4.78 is 15.1. The molecule has 0 saturated carbocycles. The lowest BCUT2D eigenvalue weighted by molar-refractivity contribution is -0.385. The van der Waals surface area contributed by atoms with E-state index in [-0.39, 0.29) is 17.9 Å². The molecule has 0 radical (unpaired) electrons. The molecule has 2 rings (SSSR count). The summed E-state index contributed by atoms with van der Waals surface area (Å²) in [5, 5.41) is 11.1. The quantitative estimate of drug-likeness (QED) is 0.434. The average molecular weight is 343 g/mol. The number of carbonyl (C=O) groups excluding carboxylic acids is 1. The van der Waals surface area contributed by atoms with Crippen molar-refractivity contribution in [1.29, 1.82) is 0 Å². The van der Waals surface area contributed by atoms with Gasteiger partial charge in [-0.2, -0.15) is 0 Å². The molecule has 0 amide bonds. The van der Waals surface area contributed by atoms with Gasteiger partial charge in [-0.3, -0.25) is 10.1 Å². The van der Waals surface area contributed by atoms with Gasteiger partial charge in [-0.1, -0.05) is 18.2 Å². The van der Waals surface area contributed by atoms with Crippen LogP contribution in [-0.2, 0) is 4.74 Å². The second-order valence-electron chi connectivity index (χ2n) is 4.91. The van der Waals surface area contributed by atoms with Gasteiger partial charge >= 0.3 is 5.97 Å². The zero-order valence-electron chi connectivity index (χ0n) is 13.8. The van der Waals surface area contributed by atoms with Crippen LogP contribution in [0.25, 0.3) is 6.08 Å². The van der Waals surface area contributed by atoms with E-state index in [2.05, 4.69) is 0 Å². The lowest BCUT2D eigenvalue weighted by Crippen LogP contribution is -2.08. The number of hydrogen-bond donors (Lipinski definition) is 0. The van der Waals surface area contributed by atoms with Crippen LogP contribution in [-0.4, -0.2) is 31.7 Å². The molecular weight excluding hydrogens is 326 g/mol. The van der Waals surface area contributed by atoms with Gasteiger partial charge in [0.15, 0.2) is 0 Å². The van der Waals surface area contributed by atoms with Crippen LogP contribution in [0.4, 0.5) is 5.69 Å². The number of esters is 1. The molecule has 0 atom stereocenters. The van der Waals surface area contributed by atoms with Gasteiger partial charge in [0.1, 0.15) is 23.7 Å². The number of carbonyl (C=O) groups is 1. The fraction of sp³-hybridized carbons (Fsp3) is 0.167. The predicted molar refractivity (Wildman–Crippen MR) is 92.0 cm³/mol. The molecular formula is C18H17NO6. The molecule has 7 heteroatoms. The normalized spacial score (nSPS) is 10.5. The predicted octanol–water partition coefficient (Wildman–Crippen LogP) is 3.48. The number of ether oxygens (including phenoxy) is 3. The van der Waals surface area contributed by atoms with Crippen molar-refractivity contribution in [2.75, 3.05) is 20.8 Å². The Morgan fingerprint density at radius 2 is 1.72 bits per heavy atom. The van der Waals surface area contributed by atoms with E-state index in [4.69, 9.17) is 14.2 Å². The summed E-state index contributed by atoms with van der Waals surface area (Å²) in [5.41, 5.74) is 0.430. The first kappa shape index (κ1) is 18.0. The van der Waals surface area contributed by atoms with Crippen LogP contribution in [0.2, 0.25) is 0 Å². The van der Waals surface area contributed by atoms with E-state index in [0.717, 1.165) is 11.3 Å². The minimum absolute atomic E-state index is 0.00591. The van der Waals surface area contributed by atoms with Gasteiger partial charge in [0.25, 0.3) is 5.69 Å². The molecule has 2 aromatic carbocycles. The zero-order valence-corrected chi connectivity index (χ0v) is 13.8. The molecule has 0 bridgehead atoms. The topological polar surface area (TPSA) is 87.9 Å². The summed E-state index contributed by atoms with van der Waals surface area (Å²) in [7, 11) is 2.98. The van der Waals surface area contributed by atoms with Gasteiger partial charge < -0.3 is 14.2 Å². The maximum Gasteiger partial charge on any atom is 0.345 e. The second-order valence-corrected chi connectivity index (χ2v) is 4.91. The Balaban J connectivity index is 2.00. The molecule has 0 spiro atoms. The van der Waals surface area contributed by atoms with Crippen molar-refractivity contribution in [2.45, 2.75) is 0 Å². The molecule has 25 heavy (non-hydrogen) atoms. The van der Waals surface area contributed by atoms with Gasteiger partial charge in [0.2, 0.25) is 0 Å². The van der Waals surface area contributed by atoms with Crippen molar-refractivity contribution < 1.29 is 23.9 Å². The molecule has 130 valence electrons. The lowest BCUT2D eigenvalue weighted by atomic mass is 10.1. The van der Waals surface area contributed by atoms with E-state index in [1.165, 1.54) is 25.3 Å². The number of hydrogen-bond acceptors (Lipinski definition) is 6. The van der Waals surface area contributed by atoms with E-state index in [1.807, 2.05) is 24.3 Å². The molecule has 0 heterocycles. The Bertz CT molecular complexity index is 783. The van der Waals surface area contributed by atoms with Crippen LogP contribution in [0.1, 0.15) is 15.9 Å². The minimum atomic E-state index is -0.770. The molecule has 0 fully saturated rings. The number of methoxy groups -OCH3 is 2. The van der Waals surface area contributed by atoms with E-state index in [9.17, 15) is 14.9 Å². The van der Waals surface area contributed by atoms with Crippen LogP contribution >= 0.6 is 0 Å². The molecule has 7 nitrogen and oxygen atoms in total. The molecule has 0 aromatic heterocycles. The molecule has 0 aliphatic carbocycles. The van der Waals surface area contributed by atoms with Gasteiger partial charge in [-0.25, -0.2) is 4.79 Å². The summed E-state index contributed by atoms with van der Waals surface area (Å²) in [6.07, 6.45) is 3.42. The van der Waals surface area contributed by atoms with E-state index in [0.29, 0.717) is 5.75 Å². The molecule has 0 aliphatic heterocycles. The first-order valence-electron chi connectivity index (χ1n) is 7.35. The SMILES string of the molecule is COc1ccc(/C=C/COC(=O)c2ccc(OC)cc2[N+](=O)[O-])cc1. The number of nitrogens with zero attached hydrogens (tertiary/aromatic N) is 1. The fourth-order valence-corrected chi connectivity index (χ4v) is 2.06. The Morgan fingerprint density at radius 3 is 2.32 bits per heavy atom. The Kier molecular flexibility index (Phi) is 6.11. The maximum atomic E-state index is 12.0. The summed E-state index contributed by atoms with van der Waals surface area (Å²) >= 11 is 0. The number of rotatable bonds is 7. The third-order valence-electron chi connectivity index (χ3n) is 3.36. The fourth-order valence-electron chi connectivity index (χ4n) is 2.06. The Morgan fingerprint density at radius 1 is 1.08 bits per heavy atom.